The molecule has 1 amide bonds. The van der Waals surface area contributed by atoms with Crippen LogP contribution >= 0.6 is 0 Å². The van der Waals surface area contributed by atoms with Crippen LogP contribution < -0.4 is 0 Å². The lowest BCUT2D eigenvalue weighted by Crippen LogP contribution is -2.41. The number of carbonyl (C=O) groups is 1. The Morgan fingerprint density at radius 1 is 1.03 bits per heavy atom. The van der Waals surface area contributed by atoms with Crippen molar-refractivity contribution in [2.45, 2.75) is 25.6 Å². The standard InChI is InChI=1S/C27H25FN4O3/c28-22-8-6-21(7-9-22)26-25(20-10-13-29-14-11-20)24-17-31(27(33)34)16-23(32(24)30-26)12-15-35-18-19-4-2-1-3-5-19/h1-11,13-14,23H,12,15-18H2,(H,33,34). The molecule has 0 saturated carbocycles. The fraction of sp³-hybridized carbons (Fsp3) is 0.222. The first-order chi connectivity index (χ1) is 17.1. The van der Waals surface area contributed by atoms with E-state index < -0.39 is 6.09 Å². The summed E-state index contributed by atoms with van der Waals surface area (Å²) in [4.78, 5) is 17.5. The van der Waals surface area contributed by atoms with Gasteiger partial charge in [0.15, 0.2) is 0 Å². The van der Waals surface area contributed by atoms with Crippen molar-refractivity contribution in [3.05, 3.63) is 96.2 Å². The third-order valence-corrected chi connectivity index (χ3v) is 6.19. The SMILES string of the molecule is O=C(O)N1Cc2c(-c3ccncc3)c(-c3ccc(F)cc3)nn2C(CCOCc2ccccc2)C1. The molecule has 35 heavy (non-hydrogen) atoms. The molecule has 2 aromatic heterocycles. The number of pyridine rings is 1. The van der Waals surface area contributed by atoms with Gasteiger partial charge in [0.25, 0.3) is 0 Å². The van der Waals surface area contributed by atoms with Gasteiger partial charge in [0.05, 0.1) is 24.9 Å². The minimum absolute atomic E-state index is 0.194. The van der Waals surface area contributed by atoms with Crippen molar-refractivity contribution in [1.29, 1.82) is 0 Å². The molecular formula is C27H25FN4O3. The second-order valence-corrected chi connectivity index (χ2v) is 8.50. The summed E-state index contributed by atoms with van der Waals surface area (Å²) in [6, 6.07) is 19.7. The summed E-state index contributed by atoms with van der Waals surface area (Å²) in [6.07, 6.45) is 3.02. The topological polar surface area (TPSA) is 80.5 Å². The van der Waals surface area contributed by atoms with Crippen LogP contribution in [0.25, 0.3) is 22.4 Å². The highest BCUT2D eigenvalue weighted by atomic mass is 19.1. The second kappa shape index (κ2) is 10.1. The normalized spacial score (nSPS) is 15.1. The van der Waals surface area contributed by atoms with E-state index in [0.717, 1.165) is 27.9 Å². The number of benzene rings is 2. The molecule has 0 fully saturated rings. The van der Waals surface area contributed by atoms with Crippen LogP contribution in [0.5, 0.6) is 0 Å². The predicted molar refractivity (Wildman–Crippen MR) is 129 cm³/mol. The lowest BCUT2D eigenvalue weighted by molar-refractivity contribution is 0.0844. The Labute approximate surface area is 202 Å². The molecule has 1 N–H and O–H groups in total. The lowest BCUT2D eigenvalue weighted by atomic mass is 9.98. The van der Waals surface area contributed by atoms with Crippen LogP contribution in [-0.2, 0) is 17.9 Å². The lowest BCUT2D eigenvalue weighted by Gasteiger charge is -2.32. The molecule has 3 heterocycles. The van der Waals surface area contributed by atoms with E-state index in [-0.39, 0.29) is 18.4 Å². The third-order valence-electron chi connectivity index (χ3n) is 6.19. The molecule has 2 aromatic carbocycles. The Morgan fingerprint density at radius 3 is 2.49 bits per heavy atom. The van der Waals surface area contributed by atoms with Crippen LogP contribution in [0, 0.1) is 5.82 Å². The van der Waals surface area contributed by atoms with Crippen molar-refractivity contribution in [3.63, 3.8) is 0 Å². The first-order valence-electron chi connectivity index (χ1n) is 11.5. The zero-order valence-electron chi connectivity index (χ0n) is 19.0. The maximum Gasteiger partial charge on any atom is 0.407 e. The number of fused-ring (bicyclic) bond motifs is 1. The van der Waals surface area contributed by atoms with Gasteiger partial charge in [-0.1, -0.05) is 30.3 Å². The molecule has 7 nitrogen and oxygen atoms in total. The van der Waals surface area contributed by atoms with E-state index in [4.69, 9.17) is 9.84 Å². The molecule has 0 bridgehead atoms. The summed E-state index contributed by atoms with van der Waals surface area (Å²) in [5, 5.41) is 14.8. The van der Waals surface area contributed by atoms with Crippen LogP contribution in [0.2, 0.25) is 0 Å². The van der Waals surface area contributed by atoms with E-state index in [1.807, 2.05) is 47.1 Å². The first kappa shape index (κ1) is 22.7. The number of rotatable bonds is 7. The van der Waals surface area contributed by atoms with Crippen LogP contribution in [0.15, 0.2) is 79.1 Å². The zero-order chi connectivity index (χ0) is 24.2. The van der Waals surface area contributed by atoms with Crippen molar-refractivity contribution < 1.29 is 19.0 Å². The van der Waals surface area contributed by atoms with Gasteiger partial charge in [0.2, 0.25) is 0 Å². The predicted octanol–water partition coefficient (Wildman–Crippen LogP) is 5.39. The molecule has 178 valence electrons. The molecule has 0 saturated heterocycles. The Balaban J connectivity index is 1.49. The van der Waals surface area contributed by atoms with Gasteiger partial charge in [-0.15, -0.1) is 0 Å². The number of halogens is 1. The Bertz CT molecular complexity index is 1290. The summed E-state index contributed by atoms with van der Waals surface area (Å²) in [7, 11) is 0. The molecular weight excluding hydrogens is 447 g/mol. The number of hydrogen-bond acceptors (Lipinski definition) is 4. The number of carboxylic acid groups (broad SMARTS) is 1. The zero-order valence-corrected chi connectivity index (χ0v) is 19.0. The molecule has 8 heteroatoms. The second-order valence-electron chi connectivity index (χ2n) is 8.50. The van der Waals surface area contributed by atoms with Crippen LogP contribution in [0.4, 0.5) is 9.18 Å². The van der Waals surface area contributed by atoms with Gasteiger partial charge >= 0.3 is 6.09 Å². The van der Waals surface area contributed by atoms with E-state index in [0.29, 0.717) is 31.9 Å². The summed E-state index contributed by atoms with van der Waals surface area (Å²) in [5.74, 6) is -0.325. The van der Waals surface area contributed by atoms with Crippen molar-refractivity contribution in [2.24, 2.45) is 0 Å². The van der Waals surface area contributed by atoms with Gasteiger partial charge in [0.1, 0.15) is 11.5 Å². The molecule has 4 aromatic rings. The van der Waals surface area contributed by atoms with Crippen LogP contribution in [0.1, 0.15) is 23.7 Å². The number of nitrogens with zero attached hydrogens (tertiary/aromatic N) is 4. The van der Waals surface area contributed by atoms with Crippen molar-refractivity contribution in [3.8, 4) is 22.4 Å². The van der Waals surface area contributed by atoms with Crippen LogP contribution in [0.3, 0.4) is 0 Å². The molecule has 1 unspecified atom stereocenters. The van der Waals surface area contributed by atoms with Gasteiger partial charge in [-0.05, 0) is 53.9 Å². The van der Waals surface area contributed by atoms with Gasteiger partial charge in [0, 0.05) is 36.7 Å². The minimum Gasteiger partial charge on any atom is -0.465 e. The van der Waals surface area contributed by atoms with E-state index >= 15 is 0 Å². The molecule has 0 radical (unpaired) electrons. The van der Waals surface area contributed by atoms with Gasteiger partial charge in [-0.2, -0.15) is 5.10 Å². The van der Waals surface area contributed by atoms with Gasteiger partial charge in [-0.25, -0.2) is 9.18 Å². The van der Waals surface area contributed by atoms with Crippen molar-refractivity contribution in [2.75, 3.05) is 13.2 Å². The summed E-state index contributed by atoms with van der Waals surface area (Å²) in [6.45, 7) is 1.48. The van der Waals surface area contributed by atoms with Crippen LogP contribution in [-0.4, -0.2) is 44.0 Å². The molecule has 0 aliphatic carbocycles. The smallest absolute Gasteiger partial charge is 0.407 e. The molecule has 1 aliphatic heterocycles. The maximum absolute atomic E-state index is 13.6. The third kappa shape index (κ3) is 4.93. The van der Waals surface area contributed by atoms with Gasteiger partial charge < -0.3 is 14.7 Å². The molecule has 1 atom stereocenters. The van der Waals surface area contributed by atoms with Gasteiger partial charge in [-0.3, -0.25) is 9.67 Å². The van der Waals surface area contributed by atoms with Crippen molar-refractivity contribution >= 4 is 6.09 Å². The fourth-order valence-corrected chi connectivity index (χ4v) is 4.47. The monoisotopic (exact) mass is 472 g/mol. The Kier molecular flexibility index (Phi) is 6.54. The average Bonchev–Trinajstić information content (AvgIpc) is 3.28. The summed E-state index contributed by atoms with van der Waals surface area (Å²) < 4.78 is 21.5. The molecule has 1 aliphatic rings. The largest absolute Gasteiger partial charge is 0.465 e. The van der Waals surface area contributed by atoms with E-state index in [2.05, 4.69) is 4.98 Å². The maximum atomic E-state index is 13.6. The van der Waals surface area contributed by atoms with Crippen molar-refractivity contribution in [1.82, 2.24) is 19.7 Å². The van der Waals surface area contributed by atoms with E-state index in [1.54, 1.807) is 24.5 Å². The summed E-state index contributed by atoms with van der Waals surface area (Å²) >= 11 is 0. The Morgan fingerprint density at radius 2 is 1.77 bits per heavy atom. The highest BCUT2D eigenvalue weighted by molar-refractivity contribution is 5.83. The molecule has 5 rings (SSSR count). The number of ether oxygens (including phenoxy) is 1. The average molecular weight is 473 g/mol. The first-order valence-corrected chi connectivity index (χ1v) is 11.5. The molecule has 0 spiro atoms. The summed E-state index contributed by atoms with van der Waals surface area (Å²) in [5.41, 5.74) is 5.06. The number of aromatic nitrogens is 3. The van der Waals surface area contributed by atoms with E-state index in [1.165, 1.54) is 17.0 Å². The highest BCUT2D eigenvalue weighted by Crippen LogP contribution is 2.39. The number of amides is 1. The van der Waals surface area contributed by atoms with E-state index in [9.17, 15) is 14.3 Å². The quantitative estimate of drug-likeness (QED) is 0.365. The fourth-order valence-electron chi connectivity index (χ4n) is 4.47. The minimum atomic E-state index is -0.975. The Hall–Kier alpha value is -4.04. The number of hydrogen-bond donors (Lipinski definition) is 1. The highest BCUT2D eigenvalue weighted by Gasteiger charge is 2.33.